The summed E-state index contributed by atoms with van der Waals surface area (Å²) in [6, 6.07) is 7.00. The number of carbonyl (C=O) groups is 1. The normalized spacial score (nSPS) is 9.94. The van der Waals surface area contributed by atoms with E-state index in [-0.39, 0.29) is 19.2 Å². The molecule has 0 aliphatic carbocycles. The van der Waals surface area contributed by atoms with Crippen molar-refractivity contribution in [3.05, 3.63) is 24.3 Å². The molecule has 1 aromatic carbocycles. The number of benzene rings is 1. The Kier molecular flexibility index (Phi) is 38.0. The van der Waals surface area contributed by atoms with Crippen LogP contribution in [0.2, 0.25) is 0 Å². The van der Waals surface area contributed by atoms with Gasteiger partial charge in [0.15, 0.2) is 0 Å². The fourth-order valence-corrected chi connectivity index (χ4v) is 1.96. The first-order chi connectivity index (χ1) is 16.9. The number of aliphatic hydroxyl groups is 1. The molecule has 36 heavy (non-hydrogen) atoms. The van der Waals surface area contributed by atoms with Gasteiger partial charge in [0.1, 0.15) is 29.8 Å². The summed E-state index contributed by atoms with van der Waals surface area (Å²) in [4.78, 5) is 13.7. The molecule has 6 nitrogen and oxygen atoms in total. The highest BCUT2D eigenvalue weighted by Crippen LogP contribution is 2.17. The Bertz CT molecular complexity index is 537. The first kappa shape index (κ1) is 44.1. The van der Waals surface area contributed by atoms with Gasteiger partial charge in [0, 0.05) is 6.04 Å². The summed E-state index contributed by atoms with van der Waals surface area (Å²) < 4.78 is 16.0. The van der Waals surface area contributed by atoms with Crippen LogP contribution in [0.5, 0.6) is 11.5 Å². The summed E-state index contributed by atoms with van der Waals surface area (Å²) >= 11 is 0. The van der Waals surface area contributed by atoms with Crippen LogP contribution in [-0.2, 0) is 4.74 Å². The standard InChI is InChI=1S/C18H29NO5.2C3H8.3C2H6/c1-13(2)19(17(21)24-18(3,4)5)11-14(20)12-23-16-9-7-15(22-6)8-10-16;2*1-3-2;3*1-2/h7-10,13-14,20H,11-12H2,1-6H3;2*3H2,1-2H3;3*1-2H3. The number of methoxy groups -OCH3 is 1. The molecule has 0 saturated heterocycles. The molecule has 6 heteroatoms. The summed E-state index contributed by atoms with van der Waals surface area (Å²) in [5.74, 6) is 1.36. The van der Waals surface area contributed by atoms with Gasteiger partial charge in [0.05, 0.1) is 13.7 Å². The van der Waals surface area contributed by atoms with Crippen LogP contribution in [0.4, 0.5) is 4.79 Å². The van der Waals surface area contributed by atoms with Crippen molar-refractivity contribution in [2.45, 2.75) is 134 Å². The number of rotatable bonds is 7. The number of hydrogen-bond acceptors (Lipinski definition) is 5. The van der Waals surface area contributed by atoms with E-state index in [1.807, 2.05) is 76.2 Å². The largest absolute Gasteiger partial charge is 0.497 e. The molecule has 0 fully saturated rings. The molecule has 0 bridgehead atoms. The van der Waals surface area contributed by atoms with E-state index >= 15 is 0 Å². The minimum absolute atomic E-state index is 0.0817. The van der Waals surface area contributed by atoms with Crippen LogP contribution >= 0.6 is 0 Å². The Balaban J connectivity index is -0.000000228. The van der Waals surface area contributed by atoms with Gasteiger partial charge >= 0.3 is 6.09 Å². The Morgan fingerprint density at radius 2 is 1.22 bits per heavy atom. The number of ether oxygens (including phenoxy) is 3. The van der Waals surface area contributed by atoms with Crippen molar-refractivity contribution in [2.24, 2.45) is 0 Å². The topological polar surface area (TPSA) is 68.2 Å². The van der Waals surface area contributed by atoms with Crippen LogP contribution in [0.3, 0.4) is 0 Å². The molecule has 1 unspecified atom stereocenters. The zero-order chi connectivity index (χ0) is 29.7. The molecule has 1 N–H and O–H groups in total. The zero-order valence-electron chi connectivity index (χ0n) is 26.8. The predicted octanol–water partition coefficient (Wildman–Crippen LogP) is 8.99. The van der Waals surface area contributed by atoms with Gasteiger partial charge in [-0.05, 0) is 58.9 Å². The summed E-state index contributed by atoms with van der Waals surface area (Å²) in [5.41, 5.74) is -0.575. The molecule has 1 amide bonds. The van der Waals surface area contributed by atoms with Gasteiger partial charge in [0.25, 0.3) is 0 Å². The number of hydrogen-bond donors (Lipinski definition) is 1. The number of amides is 1. The summed E-state index contributed by atoms with van der Waals surface area (Å²) in [6.45, 7) is 29.9. The third-order valence-electron chi connectivity index (χ3n) is 3.16. The first-order valence-electron chi connectivity index (χ1n) is 13.9. The molecular weight excluding hydrogens is 454 g/mol. The van der Waals surface area contributed by atoms with Gasteiger partial charge in [-0.1, -0.05) is 82.1 Å². The van der Waals surface area contributed by atoms with E-state index in [1.165, 1.54) is 17.7 Å². The van der Waals surface area contributed by atoms with E-state index < -0.39 is 17.8 Å². The molecule has 0 aromatic heterocycles. The van der Waals surface area contributed by atoms with Crippen LogP contribution in [0, 0.1) is 0 Å². The highest BCUT2D eigenvalue weighted by molar-refractivity contribution is 5.68. The lowest BCUT2D eigenvalue weighted by Crippen LogP contribution is -2.46. The number of carbonyl (C=O) groups excluding carboxylic acids is 1. The van der Waals surface area contributed by atoms with Crippen molar-refractivity contribution < 1.29 is 24.1 Å². The second kappa shape index (κ2) is 31.1. The molecule has 1 atom stereocenters. The van der Waals surface area contributed by atoms with Crippen LogP contribution in [0.25, 0.3) is 0 Å². The van der Waals surface area contributed by atoms with Crippen LogP contribution < -0.4 is 9.47 Å². The lowest BCUT2D eigenvalue weighted by Gasteiger charge is -2.31. The Morgan fingerprint density at radius 1 is 0.861 bits per heavy atom. The molecular formula is C30H63NO5. The lowest BCUT2D eigenvalue weighted by atomic mass is 10.2. The molecule has 0 heterocycles. The van der Waals surface area contributed by atoms with Crippen molar-refractivity contribution in [1.82, 2.24) is 4.90 Å². The second-order valence-corrected chi connectivity index (χ2v) is 8.28. The Hall–Kier alpha value is -1.95. The van der Waals surface area contributed by atoms with Gasteiger partial charge in [-0.25, -0.2) is 4.79 Å². The van der Waals surface area contributed by atoms with Gasteiger partial charge in [-0.3, -0.25) is 0 Å². The average Bonchev–Trinajstić information content (AvgIpc) is 2.85. The SMILES string of the molecule is CC.CC.CC.CCC.CCC.COc1ccc(OCC(O)CN(C(=O)OC(C)(C)C)C(C)C)cc1. The fourth-order valence-electron chi connectivity index (χ4n) is 1.96. The van der Waals surface area contributed by atoms with E-state index in [9.17, 15) is 9.90 Å². The first-order valence-corrected chi connectivity index (χ1v) is 13.9. The molecule has 0 spiro atoms. The van der Waals surface area contributed by atoms with Crippen molar-refractivity contribution >= 4 is 6.09 Å². The van der Waals surface area contributed by atoms with Crippen molar-refractivity contribution in [1.29, 1.82) is 0 Å². The smallest absolute Gasteiger partial charge is 0.410 e. The maximum atomic E-state index is 12.2. The van der Waals surface area contributed by atoms with E-state index in [4.69, 9.17) is 14.2 Å². The van der Waals surface area contributed by atoms with E-state index in [1.54, 1.807) is 31.4 Å². The molecule has 0 aliphatic rings. The van der Waals surface area contributed by atoms with Gasteiger partial charge in [-0.2, -0.15) is 0 Å². The summed E-state index contributed by atoms with van der Waals surface area (Å²) in [7, 11) is 1.59. The van der Waals surface area contributed by atoms with Crippen LogP contribution in [0.15, 0.2) is 24.3 Å². The van der Waals surface area contributed by atoms with Gasteiger partial charge < -0.3 is 24.2 Å². The number of nitrogens with zero attached hydrogens (tertiary/aromatic N) is 1. The maximum Gasteiger partial charge on any atom is 0.410 e. The summed E-state index contributed by atoms with van der Waals surface area (Å²) in [5, 5.41) is 10.2. The summed E-state index contributed by atoms with van der Waals surface area (Å²) in [6.07, 6.45) is 1.24. The Labute approximate surface area is 225 Å². The van der Waals surface area contributed by atoms with E-state index in [2.05, 4.69) is 27.7 Å². The zero-order valence-corrected chi connectivity index (χ0v) is 26.8. The average molecular weight is 518 g/mol. The fraction of sp³-hybridized carbons (Fsp3) is 0.767. The third kappa shape index (κ3) is 30.1. The Morgan fingerprint density at radius 3 is 1.53 bits per heavy atom. The van der Waals surface area contributed by atoms with Gasteiger partial charge in [-0.15, -0.1) is 0 Å². The molecule has 218 valence electrons. The highest BCUT2D eigenvalue weighted by Gasteiger charge is 2.26. The predicted molar refractivity (Wildman–Crippen MR) is 159 cm³/mol. The van der Waals surface area contributed by atoms with E-state index in [0.717, 1.165) is 5.75 Å². The monoisotopic (exact) mass is 517 g/mol. The minimum atomic E-state index is -0.818. The molecule has 1 aromatic rings. The third-order valence-corrected chi connectivity index (χ3v) is 3.16. The van der Waals surface area contributed by atoms with Crippen LogP contribution in [-0.4, -0.2) is 54.1 Å². The molecule has 1 rings (SSSR count). The lowest BCUT2D eigenvalue weighted by molar-refractivity contribution is 0.00187. The van der Waals surface area contributed by atoms with E-state index in [0.29, 0.717) is 5.75 Å². The minimum Gasteiger partial charge on any atom is -0.497 e. The molecule has 0 radical (unpaired) electrons. The maximum absolute atomic E-state index is 12.2. The number of aliphatic hydroxyl groups excluding tert-OH is 1. The van der Waals surface area contributed by atoms with Crippen molar-refractivity contribution in [2.75, 3.05) is 20.3 Å². The molecule has 0 saturated carbocycles. The quantitative estimate of drug-likeness (QED) is 0.391. The van der Waals surface area contributed by atoms with Crippen molar-refractivity contribution in [3.8, 4) is 11.5 Å². The molecule has 0 aliphatic heterocycles. The van der Waals surface area contributed by atoms with Gasteiger partial charge in [0.2, 0.25) is 0 Å². The van der Waals surface area contributed by atoms with Crippen LogP contribution in [0.1, 0.15) is 117 Å². The van der Waals surface area contributed by atoms with Crippen molar-refractivity contribution in [3.63, 3.8) is 0 Å². The highest BCUT2D eigenvalue weighted by atomic mass is 16.6. The second-order valence-electron chi connectivity index (χ2n) is 8.28.